The molecule has 0 radical (unpaired) electrons. The second-order valence-corrected chi connectivity index (χ2v) is 6.63. The Bertz CT molecular complexity index is 759. The topological polar surface area (TPSA) is 56.8 Å². The Morgan fingerprint density at radius 2 is 2.08 bits per heavy atom. The molecule has 0 aliphatic carbocycles. The molecule has 138 valence electrons. The van der Waals surface area contributed by atoms with Gasteiger partial charge >= 0.3 is 0 Å². The number of benzene rings is 2. The van der Waals surface area contributed by atoms with Gasteiger partial charge in [-0.15, -0.1) is 0 Å². The monoisotopic (exact) mass is 375 g/mol. The number of anilines is 1. The van der Waals surface area contributed by atoms with Gasteiger partial charge in [-0.25, -0.2) is 0 Å². The molecule has 1 fully saturated rings. The van der Waals surface area contributed by atoms with Crippen LogP contribution in [0.1, 0.15) is 18.4 Å². The molecule has 2 aromatic rings. The second kappa shape index (κ2) is 8.92. The van der Waals surface area contributed by atoms with Crippen molar-refractivity contribution in [1.82, 2.24) is 0 Å². The lowest BCUT2D eigenvalue weighted by molar-refractivity contribution is -0.118. The van der Waals surface area contributed by atoms with Crippen LogP contribution in [-0.4, -0.2) is 31.8 Å². The van der Waals surface area contributed by atoms with E-state index in [-0.39, 0.29) is 18.6 Å². The molecule has 1 aliphatic rings. The quantitative estimate of drug-likeness (QED) is 0.787. The highest BCUT2D eigenvalue weighted by Gasteiger charge is 2.16. The van der Waals surface area contributed by atoms with E-state index in [1.165, 1.54) is 0 Å². The number of hydrogen-bond donors (Lipinski definition) is 1. The number of carbonyl (C=O) groups is 1. The van der Waals surface area contributed by atoms with Crippen LogP contribution >= 0.6 is 11.6 Å². The van der Waals surface area contributed by atoms with Gasteiger partial charge in [-0.05, 0) is 55.7 Å². The Morgan fingerprint density at radius 1 is 1.23 bits per heavy atom. The number of rotatable bonds is 7. The van der Waals surface area contributed by atoms with Crippen molar-refractivity contribution < 1.29 is 19.0 Å². The molecule has 6 heteroatoms. The molecule has 3 rings (SSSR count). The third-order valence-electron chi connectivity index (χ3n) is 4.08. The van der Waals surface area contributed by atoms with Gasteiger partial charge in [0.05, 0.1) is 6.10 Å². The van der Waals surface area contributed by atoms with E-state index in [2.05, 4.69) is 5.32 Å². The molecule has 1 atom stereocenters. The summed E-state index contributed by atoms with van der Waals surface area (Å²) in [6, 6.07) is 12.6. The van der Waals surface area contributed by atoms with Gasteiger partial charge in [-0.3, -0.25) is 4.79 Å². The molecule has 0 saturated carbocycles. The minimum absolute atomic E-state index is 0.0813. The fourth-order valence-corrected chi connectivity index (χ4v) is 2.80. The molecule has 0 aromatic heterocycles. The van der Waals surface area contributed by atoms with Crippen molar-refractivity contribution in [1.29, 1.82) is 0 Å². The Kier molecular flexibility index (Phi) is 6.36. The second-order valence-electron chi connectivity index (χ2n) is 6.22. The molecule has 2 aromatic carbocycles. The molecule has 1 heterocycles. The largest absolute Gasteiger partial charge is 0.491 e. The van der Waals surface area contributed by atoms with E-state index in [9.17, 15) is 4.79 Å². The number of ether oxygens (including phenoxy) is 3. The fraction of sp³-hybridized carbons (Fsp3) is 0.350. The van der Waals surface area contributed by atoms with Crippen molar-refractivity contribution in [3.8, 4) is 11.5 Å². The third kappa shape index (κ3) is 5.38. The van der Waals surface area contributed by atoms with Gasteiger partial charge in [0.25, 0.3) is 5.91 Å². The van der Waals surface area contributed by atoms with Gasteiger partial charge in [0.15, 0.2) is 6.61 Å². The normalized spacial score (nSPS) is 16.3. The van der Waals surface area contributed by atoms with Crippen molar-refractivity contribution in [2.45, 2.75) is 25.9 Å². The van der Waals surface area contributed by atoms with Gasteiger partial charge < -0.3 is 19.5 Å². The number of halogens is 1. The van der Waals surface area contributed by atoms with Crippen LogP contribution in [0.3, 0.4) is 0 Å². The zero-order chi connectivity index (χ0) is 18.4. The molecule has 1 amide bonds. The first-order valence-electron chi connectivity index (χ1n) is 8.63. The molecule has 0 unspecified atom stereocenters. The van der Waals surface area contributed by atoms with E-state index in [0.29, 0.717) is 28.8 Å². The molecular formula is C20H22ClNO4. The number of hydrogen-bond acceptors (Lipinski definition) is 4. The van der Waals surface area contributed by atoms with Crippen LogP contribution in [0.4, 0.5) is 5.69 Å². The summed E-state index contributed by atoms with van der Waals surface area (Å²) in [6.45, 7) is 3.13. The predicted octanol–water partition coefficient (Wildman–Crippen LogP) is 4.22. The lowest BCUT2D eigenvalue weighted by atomic mass is 10.2. The van der Waals surface area contributed by atoms with Gasteiger partial charge in [0.1, 0.15) is 18.1 Å². The SMILES string of the molecule is Cc1cc(OCC(=O)Nc2cccc(OC[C@H]3CCCO3)c2)ccc1Cl. The summed E-state index contributed by atoms with van der Waals surface area (Å²) in [5, 5.41) is 3.47. The number of nitrogens with one attached hydrogen (secondary N) is 1. The first kappa shape index (κ1) is 18.5. The first-order valence-corrected chi connectivity index (χ1v) is 9.01. The highest BCUT2D eigenvalue weighted by atomic mass is 35.5. The van der Waals surface area contributed by atoms with Crippen molar-refractivity contribution >= 4 is 23.2 Å². The molecule has 5 nitrogen and oxygen atoms in total. The Hall–Kier alpha value is -2.24. The van der Waals surface area contributed by atoms with Gasteiger partial charge in [0, 0.05) is 23.4 Å². The predicted molar refractivity (Wildman–Crippen MR) is 101 cm³/mol. The van der Waals surface area contributed by atoms with E-state index in [4.69, 9.17) is 25.8 Å². The average molecular weight is 376 g/mol. The summed E-state index contributed by atoms with van der Waals surface area (Å²) in [6.07, 6.45) is 2.26. The lowest BCUT2D eigenvalue weighted by Gasteiger charge is -2.13. The minimum Gasteiger partial charge on any atom is -0.491 e. The van der Waals surface area contributed by atoms with E-state index in [0.717, 1.165) is 25.0 Å². The van der Waals surface area contributed by atoms with E-state index in [1.54, 1.807) is 24.3 Å². The average Bonchev–Trinajstić information content (AvgIpc) is 3.15. The van der Waals surface area contributed by atoms with Crippen LogP contribution in [0, 0.1) is 6.92 Å². The maximum absolute atomic E-state index is 12.1. The summed E-state index contributed by atoms with van der Waals surface area (Å²) in [4.78, 5) is 12.1. The van der Waals surface area contributed by atoms with Crippen LogP contribution in [-0.2, 0) is 9.53 Å². The smallest absolute Gasteiger partial charge is 0.262 e. The molecule has 26 heavy (non-hydrogen) atoms. The van der Waals surface area contributed by atoms with Crippen LogP contribution in [0.5, 0.6) is 11.5 Å². The van der Waals surface area contributed by atoms with Crippen LogP contribution < -0.4 is 14.8 Å². The third-order valence-corrected chi connectivity index (χ3v) is 4.50. The standard InChI is InChI=1S/C20H22ClNO4/c1-14-10-17(7-8-19(14)21)26-13-20(23)22-15-4-2-5-16(11-15)25-12-18-6-3-9-24-18/h2,4-5,7-8,10-11,18H,3,6,9,12-13H2,1H3,(H,22,23)/t18-/m1/s1. The fourth-order valence-electron chi connectivity index (χ4n) is 2.68. The minimum atomic E-state index is -0.242. The first-order chi connectivity index (χ1) is 12.6. The number of carbonyl (C=O) groups excluding carboxylic acids is 1. The summed E-state index contributed by atoms with van der Waals surface area (Å²) in [5.74, 6) is 1.07. The van der Waals surface area contributed by atoms with Gasteiger partial charge in [0.2, 0.25) is 0 Å². The van der Waals surface area contributed by atoms with Crippen LogP contribution in [0.25, 0.3) is 0 Å². The van der Waals surface area contributed by atoms with E-state index < -0.39 is 0 Å². The summed E-state index contributed by atoms with van der Waals surface area (Å²) in [5.41, 5.74) is 1.57. The Morgan fingerprint density at radius 3 is 2.85 bits per heavy atom. The number of aryl methyl sites for hydroxylation is 1. The highest BCUT2D eigenvalue weighted by Crippen LogP contribution is 2.22. The summed E-state index contributed by atoms with van der Waals surface area (Å²) in [7, 11) is 0. The summed E-state index contributed by atoms with van der Waals surface area (Å²) < 4.78 is 16.8. The number of amides is 1. The maximum Gasteiger partial charge on any atom is 0.262 e. The Labute approximate surface area is 158 Å². The molecule has 1 aliphatic heterocycles. The molecule has 1 N–H and O–H groups in total. The van der Waals surface area contributed by atoms with Crippen molar-refractivity contribution in [2.24, 2.45) is 0 Å². The molecule has 0 bridgehead atoms. The summed E-state index contributed by atoms with van der Waals surface area (Å²) >= 11 is 5.98. The van der Waals surface area contributed by atoms with Crippen LogP contribution in [0.15, 0.2) is 42.5 Å². The zero-order valence-electron chi connectivity index (χ0n) is 14.7. The Balaban J connectivity index is 1.48. The van der Waals surface area contributed by atoms with Gasteiger partial charge in [-0.2, -0.15) is 0 Å². The van der Waals surface area contributed by atoms with E-state index in [1.807, 2.05) is 25.1 Å². The molecule has 0 spiro atoms. The molecule has 1 saturated heterocycles. The van der Waals surface area contributed by atoms with E-state index >= 15 is 0 Å². The maximum atomic E-state index is 12.1. The van der Waals surface area contributed by atoms with Crippen molar-refractivity contribution in [3.05, 3.63) is 53.1 Å². The highest BCUT2D eigenvalue weighted by molar-refractivity contribution is 6.31. The van der Waals surface area contributed by atoms with Gasteiger partial charge in [-0.1, -0.05) is 17.7 Å². The molecular weight excluding hydrogens is 354 g/mol. The van der Waals surface area contributed by atoms with Crippen molar-refractivity contribution in [3.63, 3.8) is 0 Å². The zero-order valence-corrected chi connectivity index (χ0v) is 15.4. The van der Waals surface area contributed by atoms with Crippen molar-refractivity contribution in [2.75, 3.05) is 25.1 Å². The lowest BCUT2D eigenvalue weighted by Crippen LogP contribution is -2.20. The van der Waals surface area contributed by atoms with Crippen LogP contribution in [0.2, 0.25) is 5.02 Å².